The molecular formula is C22H30N2O3. The van der Waals surface area contributed by atoms with Gasteiger partial charge in [-0.2, -0.15) is 0 Å². The summed E-state index contributed by atoms with van der Waals surface area (Å²) in [6.07, 6.45) is 3.81. The van der Waals surface area contributed by atoms with E-state index in [1.165, 1.54) is 4.90 Å². The number of piperidine rings is 1. The van der Waals surface area contributed by atoms with E-state index in [0.717, 1.165) is 50.1 Å². The second-order valence-corrected chi connectivity index (χ2v) is 7.53. The third-order valence-electron chi connectivity index (χ3n) is 5.31. The van der Waals surface area contributed by atoms with Crippen LogP contribution in [0, 0.1) is 5.92 Å². The van der Waals surface area contributed by atoms with E-state index in [2.05, 4.69) is 18.7 Å². The lowest BCUT2D eigenvalue weighted by atomic mass is 9.97. The van der Waals surface area contributed by atoms with Gasteiger partial charge in [0.15, 0.2) is 0 Å². The molecule has 27 heavy (non-hydrogen) atoms. The molecule has 2 aliphatic rings. The molecule has 2 heterocycles. The molecule has 1 saturated heterocycles. The summed E-state index contributed by atoms with van der Waals surface area (Å²) >= 11 is 0. The summed E-state index contributed by atoms with van der Waals surface area (Å²) in [6.45, 7) is 9.09. The monoisotopic (exact) mass is 370 g/mol. The van der Waals surface area contributed by atoms with Gasteiger partial charge in [0.05, 0.1) is 12.2 Å². The summed E-state index contributed by atoms with van der Waals surface area (Å²) in [5, 5.41) is 0. The lowest BCUT2D eigenvalue weighted by molar-refractivity contribution is -0.137. The van der Waals surface area contributed by atoms with E-state index in [1.807, 2.05) is 31.2 Å². The zero-order valence-corrected chi connectivity index (χ0v) is 16.7. The normalized spacial score (nSPS) is 18.6. The van der Waals surface area contributed by atoms with Gasteiger partial charge in [-0.1, -0.05) is 32.9 Å². The van der Waals surface area contributed by atoms with Crippen LogP contribution >= 0.6 is 0 Å². The number of benzene rings is 1. The Hall–Kier alpha value is -2.30. The van der Waals surface area contributed by atoms with Crippen LogP contribution in [-0.2, 0) is 9.59 Å². The van der Waals surface area contributed by atoms with E-state index in [9.17, 15) is 9.59 Å². The predicted octanol–water partition coefficient (Wildman–Crippen LogP) is 3.70. The molecule has 0 aliphatic carbocycles. The van der Waals surface area contributed by atoms with Crippen LogP contribution in [0.5, 0.6) is 5.75 Å². The van der Waals surface area contributed by atoms with Crippen LogP contribution in [0.15, 0.2) is 30.0 Å². The molecule has 0 atom stereocenters. The van der Waals surface area contributed by atoms with Crippen LogP contribution in [0.3, 0.4) is 0 Å². The Morgan fingerprint density at radius 3 is 2.26 bits per heavy atom. The number of rotatable bonds is 7. The van der Waals surface area contributed by atoms with E-state index in [1.54, 1.807) is 0 Å². The van der Waals surface area contributed by atoms with Gasteiger partial charge >= 0.3 is 0 Å². The van der Waals surface area contributed by atoms with Gasteiger partial charge in [0.1, 0.15) is 11.4 Å². The smallest absolute Gasteiger partial charge is 0.277 e. The molecule has 5 nitrogen and oxygen atoms in total. The maximum absolute atomic E-state index is 13.1. The van der Waals surface area contributed by atoms with Crippen molar-refractivity contribution in [1.82, 2.24) is 9.80 Å². The van der Waals surface area contributed by atoms with Gasteiger partial charge < -0.3 is 9.64 Å². The first-order chi connectivity index (χ1) is 13.1. The van der Waals surface area contributed by atoms with E-state index >= 15 is 0 Å². The molecule has 0 spiro atoms. The number of hydrogen-bond acceptors (Lipinski definition) is 4. The topological polar surface area (TPSA) is 49.9 Å². The Kier molecular flexibility index (Phi) is 6.19. The first-order valence-corrected chi connectivity index (χ1v) is 10.1. The first-order valence-electron chi connectivity index (χ1n) is 10.1. The summed E-state index contributed by atoms with van der Waals surface area (Å²) in [5.41, 5.74) is 1.93. The summed E-state index contributed by atoms with van der Waals surface area (Å²) in [4.78, 5) is 29.7. The van der Waals surface area contributed by atoms with Crippen molar-refractivity contribution in [3.63, 3.8) is 0 Å². The van der Waals surface area contributed by atoms with Gasteiger partial charge in [-0.05, 0) is 49.3 Å². The van der Waals surface area contributed by atoms with Crippen LogP contribution in [0.2, 0.25) is 0 Å². The van der Waals surface area contributed by atoms with Gasteiger partial charge in [-0.25, -0.2) is 0 Å². The Labute approximate surface area is 162 Å². The molecule has 146 valence electrons. The van der Waals surface area contributed by atoms with E-state index in [-0.39, 0.29) is 11.8 Å². The Morgan fingerprint density at radius 2 is 1.67 bits per heavy atom. The van der Waals surface area contributed by atoms with Crippen molar-refractivity contribution in [2.45, 2.75) is 46.5 Å². The minimum Gasteiger partial charge on any atom is -0.494 e. The maximum Gasteiger partial charge on any atom is 0.277 e. The van der Waals surface area contributed by atoms with Gasteiger partial charge in [0, 0.05) is 19.6 Å². The highest BCUT2D eigenvalue weighted by Gasteiger charge is 2.41. The lowest BCUT2D eigenvalue weighted by Crippen LogP contribution is -2.38. The minimum atomic E-state index is -0.169. The van der Waals surface area contributed by atoms with Crippen LogP contribution in [0.1, 0.15) is 52.0 Å². The number of carbonyl (C=O) groups excluding carboxylic acids is 2. The van der Waals surface area contributed by atoms with Crippen LogP contribution in [-0.4, -0.2) is 47.9 Å². The van der Waals surface area contributed by atoms with Gasteiger partial charge in [0.2, 0.25) is 0 Å². The highest BCUT2D eigenvalue weighted by Crippen LogP contribution is 2.34. The molecule has 0 aromatic heterocycles. The number of hydrogen-bond donors (Lipinski definition) is 0. The summed E-state index contributed by atoms with van der Waals surface area (Å²) in [6, 6.07) is 7.56. The van der Waals surface area contributed by atoms with Crippen LogP contribution in [0.4, 0.5) is 0 Å². The van der Waals surface area contributed by atoms with Crippen LogP contribution < -0.4 is 4.74 Å². The lowest BCUT2D eigenvalue weighted by Gasteiger charge is -2.32. The van der Waals surface area contributed by atoms with Crippen LogP contribution in [0.25, 0.3) is 5.57 Å². The van der Waals surface area contributed by atoms with Crippen molar-refractivity contribution < 1.29 is 14.3 Å². The number of imide groups is 1. The molecule has 3 rings (SSSR count). The zero-order valence-electron chi connectivity index (χ0n) is 16.7. The molecule has 2 amide bonds. The largest absolute Gasteiger partial charge is 0.494 e. The highest BCUT2D eigenvalue weighted by molar-refractivity contribution is 6.35. The van der Waals surface area contributed by atoms with Crippen molar-refractivity contribution in [3.05, 3.63) is 35.5 Å². The Balaban J connectivity index is 1.95. The number of ether oxygens (including phenoxy) is 1. The van der Waals surface area contributed by atoms with Crippen molar-refractivity contribution >= 4 is 17.4 Å². The molecule has 0 unspecified atom stereocenters. The summed E-state index contributed by atoms with van der Waals surface area (Å²) in [5.74, 6) is 1.14. The fourth-order valence-electron chi connectivity index (χ4n) is 3.71. The fraction of sp³-hybridized carbons (Fsp3) is 0.545. The Bertz CT molecular complexity index is 716. The first kappa shape index (κ1) is 19.5. The van der Waals surface area contributed by atoms with Crippen molar-refractivity contribution in [2.24, 2.45) is 5.92 Å². The fourth-order valence-corrected chi connectivity index (χ4v) is 3.71. The van der Waals surface area contributed by atoms with Gasteiger partial charge in [-0.3, -0.25) is 14.5 Å². The molecule has 0 bridgehead atoms. The van der Waals surface area contributed by atoms with Gasteiger partial charge in [-0.15, -0.1) is 0 Å². The SMILES string of the molecule is CCCOc1ccc(C2=C(N3CCC(C)CC3)C(=O)N(CCC)C2=O)cc1. The molecule has 5 heteroatoms. The van der Waals surface area contributed by atoms with E-state index < -0.39 is 0 Å². The quantitative estimate of drug-likeness (QED) is 0.687. The maximum atomic E-state index is 13.1. The average Bonchev–Trinajstić information content (AvgIpc) is 2.92. The number of amides is 2. The summed E-state index contributed by atoms with van der Waals surface area (Å²) < 4.78 is 5.65. The van der Waals surface area contributed by atoms with Gasteiger partial charge in [0.25, 0.3) is 11.8 Å². The molecular weight excluding hydrogens is 340 g/mol. The molecule has 1 aromatic carbocycles. The second kappa shape index (κ2) is 8.59. The van der Waals surface area contributed by atoms with E-state index in [4.69, 9.17) is 4.74 Å². The average molecular weight is 370 g/mol. The molecule has 0 saturated carbocycles. The third-order valence-corrected chi connectivity index (χ3v) is 5.31. The molecule has 1 aromatic rings. The van der Waals surface area contributed by atoms with Crippen molar-refractivity contribution in [3.8, 4) is 5.75 Å². The number of carbonyl (C=O) groups is 2. The zero-order chi connectivity index (χ0) is 19.4. The minimum absolute atomic E-state index is 0.141. The highest BCUT2D eigenvalue weighted by atomic mass is 16.5. The second-order valence-electron chi connectivity index (χ2n) is 7.53. The summed E-state index contributed by atoms with van der Waals surface area (Å²) in [7, 11) is 0. The van der Waals surface area contributed by atoms with Crippen molar-refractivity contribution in [1.29, 1.82) is 0 Å². The predicted molar refractivity (Wildman–Crippen MR) is 106 cm³/mol. The Morgan fingerprint density at radius 1 is 1.00 bits per heavy atom. The molecule has 1 fully saturated rings. The molecule has 2 aliphatic heterocycles. The number of likely N-dealkylation sites (tertiary alicyclic amines) is 1. The third kappa shape index (κ3) is 4.02. The molecule has 0 radical (unpaired) electrons. The molecule has 0 N–H and O–H groups in total. The van der Waals surface area contributed by atoms with E-state index in [0.29, 0.717) is 30.3 Å². The standard InChI is InChI=1S/C22H30N2O3/c1-4-12-24-21(25)19(17-6-8-18(9-7-17)27-15-5-2)20(22(24)26)23-13-10-16(3)11-14-23/h6-9,16H,4-5,10-15H2,1-3H3. The van der Waals surface area contributed by atoms with Crippen molar-refractivity contribution in [2.75, 3.05) is 26.2 Å². The number of nitrogens with zero attached hydrogens (tertiary/aromatic N) is 2.